The van der Waals surface area contributed by atoms with E-state index in [-0.39, 0.29) is 16.2 Å². The van der Waals surface area contributed by atoms with Gasteiger partial charge < -0.3 is 4.43 Å². The van der Waals surface area contributed by atoms with Crippen LogP contribution in [0.15, 0.2) is 18.2 Å². The van der Waals surface area contributed by atoms with Crippen LogP contribution in [0, 0.1) is 10.1 Å². The summed E-state index contributed by atoms with van der Waals surface area (Å²) in [5, 5.41) is 10.8. The van der Waals surface area contributed by atoms with Gasteiger partial charge in [-0.3, -0.25) is 10.1 Å². The number of alkyl halides is 1. The molecule has 1 rings (SSSR count). The number of nitro benzene ring substituents is 1. The number of non-ortho nitro benzene ring substituents is 1. The summed E-state index contributed by atoms with van der Waals surface area (Å²) in [6.07, 6.45) is 0. The first kappa shape index (κ1) is 11.7. The van der Waals surface area contributed by atoms with Gasteiger partial charge in [0.2, 0.25) is 0 Å². The van der Waals surface area contributed by atoms with E-state index >= 15 is 0 Å². The van der Waals surface area contributed by atoms with E-state index in [1.54, 1.807) is 0 Å². The molecule has 1 aromatic carbocycles. The minimum Gasteiger partial charge on any atom is -0.413 e. The maximum atomic E-state index is 11.1. The van der Waals surface area contributed by atoms with Gasteiger partial charge in [0.15, 0.2) is 8.32 Å². The van der Waals surface area contributed by atoms with Crippen LogP contribution in [0.4, 0.5) is 5.69 Å². The monoisotopic (exact) mass is 319 g/mol. The van der Waals surface area contributed by atoms with E-state index in [4.69, 9.17) is 21.5 Å². The molecule has 112 valence electrons. The number of nitro groups is 1. The molecule has 0 saturated carbocycles. The summed E-state index contributed by atoms with van der Waals surface area (Å²) >= 11 is 5.62. The Balaban J connectivity index is 3.43. The lowest BCUT2D eigenvalue weighted by atomic mass is 10.1. The molecule has 0 aliphatic carbocycles. The van der Waals surface area contributed by atoms with Crippen LogP contribution in [-0.2, 0) is 16.8 Å². The summed E-state index contributed by atoms with van der Waals surface area (Å²) in [5.41, 5.74) is -0.744. The molecule has 6 heteroatoms. The Morgan fingerprint density at radius 3 is 2.35 bits per heavy atom. The third-order valence-electron chi connectivity index (χ3n) is 3.47. The normalized spacial score (nSPS) is 16.9. The smallest absolute Gasteiger partial charge is 0.270 e. The molecule has 0 aliphatic heterocycles. The second kappa shape index (κ2) is 6.24. The fraction of sp³-hybridized carbons (Fsp3) is 0.571. The fourth-order valence-electron chi connectivity index (χ4n) is 1.17. The molecule has 4 nitrogen and oxygen atoms in total. The average Bonchev–Trinajstić information content (AvgIpc) is 2.34. The van der Waals surface area contributed by atoms with Crippen LogP contribution < -0.4 is 0 Å². The fourth-order valence-corrected chi connectivity index (χ4v) is 1.96. The number of hydrogen-bond donors (Lipinski definition) is 0. The molecule has 0 amide bonds. The van der Waals surface area contributed by atoms with E-state index in [1.165, 1.54) is 6.07 Å². The average molecular weight is 320 g/mol. The van der Waals surface area contributed by atoms with Crippen LogP contribution in [0.1, 0.15) is 37.4 Å². The molecule has 0 saturated heterocycles. The largest absolute Gasteiger partial charge is 0.413 e. The van der Waals surface area contributed by atoms with Crippen LogP contribution in [0.3, 0.4) is 0 Å². The topological polar surface area (TPSA) is 52.4 Å². The van der Waals surface area contributed by atoms with Gasteiger partial charge in [0.25, 0.3) is 5.69 Å². The second-order valence-electron chi connectivity index (χ2n) is 6.08. The Bertz CT molecular complexity index is 642. The zero-order chi connectivity index (χ0) is 19.1. The first-order valence-corrected chi connectivity index (χ1v) is 9.45. The highest BCUT2D eigenvalue weighted by Crippen LogP contribution is 2.37. The quantitative estimate of drug-likeness (QED) is 0.337. The van der Waals surface area contributed by atoms with Gasteiger partial charge in [-0.25, -0.2) is 0 Å². The van der Waals surface area contributed by atoms with Crippen LogP contribution >= 0.6 is 11.6 Å². The Morgan fingerprint density at radius 1 is 1.35 bits per heavy atom. The van der Waals surface area contributed by atoms with Crippen molar-refractivity contribution in [1.29, 1.82) is 0 Å². The minimum atomic E-state index is -2.50. The molecule has 0 N–H and O–H groups in total. The summed E-state index contributed by atoms with van der Waals surface area (Å²) in [7, 11) is -2.50. The molecule has 0 aliphatic rings. The van der Waals surface area contributed by atoms with E-state index in [2.05, 4.69) is 0 Å². The first-order valence-electron chi connectivity index (χ1n) is 8.17. The van der Waals surface area contributed by atoms with E-state index in [9.17, 15) is 10.1 Å². The SMILES string of the molecule is [2H]C([2H])(Cl)c1cc([N+](=O)[O-])cc(C([2H])([2H])O[Si](C)(C)C(C)(C)C)c1. The maximum Gasteiger partial charge on any atom is 0.270 e. The van der Waals surface area contributed by atoms with Gasteiger partial charge in [-0.15, -0.1) is 11.6 Å². The maximum absolute atomic E-state index is 11.1. The highest BCUT2D eigenvalue weighted by atomic mass is 35.5. The van der Waals surface area contributed by atoms with E-state index in [1.807, 2.05) is 33.9 Å². The zero-order valence-corrected chi connectivity index (χ0v) is 14.0. The predicted octanol–water partition coefficient (Wildman–Crippen LogP) is 4.86. The Kier molecular flexibility index (Phi) is 3.66. The summed E-state index contributed by atoms with van der Waals surface area (Å²) in [6, 6.07) is 3.23. The first-order chi connectivity index (χ1) is 10.5. The number of hydrogen-bond acceptors (Lipinski definition) is 3. The highest BCUT2D eigenvalue weighted by Gasteiger charge is 2.37. The summed E-state index contributed by atoms with van der Waals surface area (Å²) in [6.45, 7) is 7.28. The molecule has 1 aromatic rings. The van der Waals surface area contributed by atoms with Crippen molar-refractivity contribution in [2.45, 2.75) is 51.3 Å². The standard InChI is InChI=1S/C14H22ClNO3Si/c1-14(2,3)20(4,5)19-10-12-6-11(9-15)7-13(8-12)16(17)18/h6-8H,9-10H2,1-5H3/i9D2,10D2. The lowest BCUT2D eigenvalue weighted by Crippen LogP contribution is -2.40. The third-order valence-corrected chi connectivity index (χ3v) is 7.91. The lowest BCUT2D eigenvalue weighted by Gasteiger charge is -2.36. The molecule has 0 aromatic heterocycles. The summed E-state index contributed by atoms with van der Waals surface area (Å²) in [5.74, 6) is -2.35. The number of halogens is 1. The van der Waals surface area contributed by atoms with Gasteiger partial charge >= 0.3 is 0 Å². The van der Waals surface area contributed by atoms with E-state index in [0.717, 1.165) is 12.1 Å². The van der Waals surface area contributed by atoms with Crippen LogP contribution in [-0.4, -0.2) is 13.2 Å². The third kappa shape index (κ3) is 4.29. The van der Waals surface area contributed by atoms with Crippen molar-refractivity contribution < 1.29 is 14.8 Å². The van der Waals surface area contributed by atoms with Crippen molar-refractivity contribution in [3.05, 3.63) is 39.4 Å². The van der Waals surface area contributed by atoms with E-state index < -0.39 is 31.3 Å². The van der Waals surface area contributed by atoms with Crippen molar-refractivity contribution in [3.8, 4) is 0 Å². The predicted molar refractivity (Wildman–Crippen MR) is 84.6 cm³/mol. The van der Waals surface area contributed by atoms with Crippen LogP contribution in [0.25, 0.3) is 0 Å². The number of nitrogens with zero attached hydrogens (tertiary/aromatic N) is 1. The highest BCUT2D eigenvalue weighted by molar-refractivity contribution is 6.74. The van der Waals surface area contributed by atoms with Crippen molar-refractivity contribution in [1.82, 2.24) is 0 Å². The van der Waals surface area contributed by atoms with Crippen molar-refractivity contribution in [2.75, 3.05) is 0 Å². The minimum absolute atomic E-state index is 0.124. The van der Waals surface area contributed by atoms with Crippen molar-refractivity contribution in [2.24, 2.45) is 0 Å². The van der Waals surface area contributed by atoms with Gasteiger partial charge in [-0.2, -0.15) is 0 Å². The summed E-state index contributed by atoms with van der Waals surface area (Å²) in [4.78, 5) is 10.4. The van der Waals surface area contributed by atoms with Gasteiger partial charge in [0, 0.05) is 20.7 Å². The van der Waals surface area contributed by atoms with E-state index in [0.29, 0.717) is 0 Å². The van der Waals surface area contributed by atoms with Crippen molar-refractivity contribution >= 4 is 25.6 Å². The molecule has 0 radical (unpaired) electrons. The number of benzene rings is 1. The number of rotatable bonds is 5. The molecule has 0 unspecified atom stereocenters. The Labute approximate surface area is 132 Å². The van der Waals surface area contributed by atoms with Crippen LogP contribution in [0.5, 0.6) is 0 Å². The zero-order valence-electron chi connectivity index (χ0n) is 16.3. The molecule has 0 atom stereocenters. The van der Waals surface area contributed by atoms with Crippen molar-refractivity contribution in [3.63, 3.8) is 0 Å². The Hall–Kier alpha value is -0.913. The molecule has 0 bridgehead atoms. The molecular formula is C14H22ClNO3Si. The van der Waals surface area contributed by atoms with Gasteiger partial charge in [0.1, 0.15) is 0 Å². The molecule has 0 fully saturated rings. The molecule has 0 heterocycles. The van der Waals surface area contributed by atoms with Gasteiger partial charge in [-0.05, 0) is 29.3 Å². The molecular weight excluding hydrogens is 294 g/mol. The molecule has 0 spiro atoms. The lowest BCUT2D eigenvalue weighted by molar-refractivity contribution is -0.385. The van der Waals surface area contributed by atoms with Gasteiger partial charge in [0.05, 0.1) is 14.2 Å². The Morgan fingerprint density at radius 2 is 1.90 bits per heavy atom. The summed E-state index contributed by atoms with van der Waals surface area (Å²) < 4.78 is 37.3. The molecule has 20 heavy (non-hydrogen) atoms. The van der Waals surface area contributed by atoms with Crippen LogP contribution in [0.2, 0.25) is 18.1 Å². The van der Waals surface area contributed by atoms with Gasteiger partial charge in [-0.1, -0.05) is 26.8 Å². The second-order valence-corrected chi connectivity index (χ2v) is 11.0.